The number of guanidine groups is 1. The Bertz CT molecular complexity index is 546. The highest BCUT2D eigenvalue weighted by molar-refractivity contribution is 6.41. The zero-order valence-electron chi connectivity index (χ0n) is 11.4. The number of hydrogen-bond acceptors (Lipinski definition) is 2. The van der Waals surface area contributed by atoms with Crippen LogP contribution in [0.5, 0.6) is 0 Å². The lowest BCUT2D eigenvalue weighted by molar-refractivity contribution is -0.137. The number of nitrogens with two attached hydrogens (primary N) is 1. The molecule has 5 N–H and O–H groups in total. The lowest BCUT2D eigenvalue weighted by atomic mass is 10.2. The molecular weight excluding hydrogens is 283 g/mol. The summed E-state index contributed by atoms with van der Waals surface area (Å²) in [7, 11) is 0. The van der Waals surface area contributed by atoms with Gasteiger partial charge in [-0.1, -0.05) is 13.3 Å². The second-order valence-electron chi connectivity index (χ2n) is 4.27. The maximum absolute atomic E-state index is 12.4. The summed E-state index contributed by atoms with van der Waals surface area (Å²) >= 11 is 0. The fourth-order valence-corrected chi connectivity index (χ4v) is 1.53. The molecule has 0 heterocycles. The molecule has 0 saturated carbocycles. The van der Waals surface area contributed by atoms with Gasteiger partial charge in [0.2, 0.25) is 5.96 Å². The van der Waals surface area contributed by atoms with Crippen molar-refractivity contribution in [3.05, 3.63) is 29.8 Å². The number of alkyl halides is 3. The lowest BCUT2D eigenvalue weighted by Gasteiger charge is -2.09. The summed E-state index contributed by atoms with van der Waals surface area (Å²) < 4.78 is 37.2. The minimum Gasteiger partial charge on any atom is -0.383 e. The Morgan fingerprint density at radius 3 is 2.24 bits per heavy atom. The van der Waals surface area contributed by atoms with Gasteiger partial charge in [0, 0.05) is 5.69 Å². The molecule has 0 aliphatic carbocycles. The van der Waals surface area contributed by atoms with Gasteiger partial charge < -0.3 is 11.1 Å². The van der Waals surface area contributed by atoms with Crippen LogP contribution < -0.4 is 11.1 Å². The molecule has 0 aromatic heterocycles. The summed E-state index contributed by atoms with van der Waals surface area (Å²) in [5.74, 6) is -0.510. The van der Waals surface area contributed by atoms with Crippen LogP contribution in [-0.4, -0.2) is 17.5 Å². The number of hydrogen-bond donors (Lipinski definition) is 4. The fourth-order valence-electron chi connectivity index (χ4n) is 1.53. The molecular formula is C13H16F3N5. The van der Waals surface area contributed by atoms with Crippen LogP contribution in [0.15, 0.2) is 29.3 Å². The van der Waals surface area contributed by atoms with Gasteiger partial charge in [-0.25, -0.2) is 4.99 Å². The molecule has 0 saturated heterocycles. The summed E-state index contributed by atoms with van der Waals surface area (Å²) in [4.78, 5) is 3.85. The van der Waals surface area contributed by atoms with E-state index in [4.69, 9.17) is 16.6 Å². The molecule has 0 amide bonds. The number of rotatable bonds is 4. The Kier molecular flexibility index (Phi) is 5.45. The first-order valence-corrected chi connectivity index (χ1v) is 6.18. The van der Waals surface area contributed by atoms with E-state index in [1.807, 2.05) is 6.92 Å². The molecule has 0 bridgehead atoms. The predicted molar refractivity (Wildman–Crippen MR) is 77.1 cm³/mol. The van der Waals surface area contributed by atoms with Gasteiger partial charge in [-0.3, -0.25) is 10.8 Å². The maximum Gasteiger partial charge on any atom is 0.416 e. The molecule has 0 unspecified atom stereocenters. The number of anilines is 1. The predicted octanol–water partition coefficient (Wildman–Crippen LogP) is 3.23. The van der Waals surface area contributed by atoms with Gasteiger partial charge in [0.1, 0.15) is 5.84 Å². The first kappa shape index (κ1) is 16.7. The second kappa shape index (κ2) is 6.87. The van der Waals surface area contributed by atoms with Gasteiger partial charge in [-0.15, -0.1) is 0 Å². The number of nitrogens with zero attached hydrogens (tertiary/aromatic N) is 1. The maximum atomic E-state index is 12.4. The van der Waals surface area contributed by atoms with E-state index in [1.165, 1.54) is 12.1 Å². The summed E-state index contributed by atoms with van der Waals surface area (Å²) in [6, 6.07) is 4.24. The van der Waals surface area contributed by atoms with E-state index in [-0.39, 0.29) is 17.5 Å². The first-order valence-electron chi connectivity index (χ1n) is 6.18. The van der Waals surface area contributed by atoms with Gasteiger partial charge in [-0.2, -0.15) is 13.2 Å². The van der Waals surface area contributed by atoms with Gasteiger partial charge in [0.15, 0.2) is 0 Å². The largest absolute Gasteiger partial charge is 0.416 e. The van der Waals surface area contributed by atoms with Crippen molar-refractivity contribution in [3.63, 3.8) is 0 Å². The molecule has 8 heteroatoms. The Morgan fingerprint density at radius 2 is 1.81 bits per heavy atom. The molecule has 0 spiro atoms. The fraction of sp³-hybridized carbons (Fsp3) is 0.308. The molecule has 0 fully saturated rings. The summed E-state index contributed by atoms with van der Waals surface area (Å²) in [6.07, 6.45) is -3.23. The molecule has 0 aliphatic rings. The smallest absolute Gasteiger partial charge is 0.383 e. The molecule has 0 radical (unpaired) electrons. The van der Waals surface area contributed by atoms with E-state index >= 15 is 0 Å². The normalized spacial score (nSPS) is 12.1. The lowest BCUT2D eigenvalue weighted by Crippen LogP contribution is -2.24. The van der Waals surface area contributed by atoms with Crippen LogP contribution in [0.2, 0.25) is 0 Å². The van der Waals surface area contributed by atoms with Crippen molar-refractivity contribution in [2.75, 3.05) is 5.32 Å². The third-order valence-corrected chi connectivity index (χ3v) is 2.52. The molecule has 5 nitrogen and oxygen atoms in total. The molecule has 1 aromatic rings. The summed E-state index contributed by atoms with van der Waals surface area (Å²) in [6.45, 7) is 1.88. The Balaban J connectivity index is 2.79. The van der Waals surface area contributed by atoms with E-state index in [0.717, 1.165) is 12.1 Å². The highest BCUT2D eigenvalue weighted by Crippen LogP contribution is 2.29. The van der Waals surface area contributed by atoms with E-state index in [2.05, 4.69) is 10.3 Å². The van der Waals surface area contributed by atoms with Crippen molar-refractivity contribution >= 4 is 23.2 Å². The number of amidine groups is 1. The van der Waals surface area contributed by atoms with Crippen LogP contribution >= 0.6 is 0 Å². The molecule has 21 heavy (non-hydrogen) atoms. The van der Waals surface area contributed by atoms with Crippen molar-refractivity contribution in [1.29, 1.82) is 10.8 Å². The monoisotopic (exact) mass is 299 g/mol. The topological polar surface area (TPSA) is 98.1 Å². The highest BCUT2D eigenvalue weighted by atomic mass is 19.4. The van der Waals surface area contributed by atoms with Crippen molar-refractivity contribution in [3.8, 4) is 0 Å². The van der Waals surface area contributed by atoms with Crippen LogP contribution in [0, 0.1) is 10.8 Å². The van der Waals surface area contributed by atoms with Crippen LogP contribution in [0.1, 0.15) is 25.3 Å². The van der Waals surface area contributed by atoms with Crippen LogP contribution in [0.25, 0.3) is 0 Å². The molecule has 114 valence electrons. The summed E-state index contributed by atoms with van der Waals surface area (Å²) in [5.41, 5.74) is 5.14. The SMILES string of the molecule is CCCC(=NC(=N)Nc1ccc(C(F)(F)F)cc1)C(=N)N. The number of benzene rings is 1. The van der Waals surface area contributed by atoms with E-state index < -0.39 is 11.7 Å². The van der Waals surface area contributed by atoms with Crippen LogP contribution in [0.4, 0.5) is 18.9 Å². The molecule has 1 rings (SSSR count). The number of aliphatic imine (C=N–C) groups is 1. The highest BCUT2D eigenvalue weighted by Gasteiger charge is 2.29. The van der Waals surface area contributed by atoms with Crippen molar-refractivity contribution < 1.29 is 13.2 Å². The van der Waals surface area contributed by atoms with E-state index in [9.17, 15) is 13.2 Å². The third kappa shape index (κ3) is 5.25. The van der Waals surface area contributed by atoms with Crippen molar-refractivity contribution in [2.24, 2.45) is 10.7 Å². The molecule has 0 aliphatic heterocycles. The van der Waals surface area contributed by atoms with E-state index in [0.29, 0.717) is 18.5 Å². The Morgan fingerprint density at radius 1 is 1.24 bits per heavy atom. The van der Waals surface area contributed by atoms with Gasteiger partial charge in [-0.05, 0) is 30.7 Å². The quantitative estimate of drug-likeness (QED) is 0.507. The standard InChI is InChI=1S/C13H16F3N5/c1-2-3-10(11(17)18)21-12(19)20-9-6-4-8(5-7-9)13(14,15)16/h4-7H,2-3H2,1H3,(H3,17,18)(H2,19,20). The third-order valence-electron chi connectivity index (χ3n) is 2.52. The average molecular weight is 299 g/mol. The second-order valence-corrected chi connectivity index (χ2v) is 4.27. The Hall–Kier alpha value is -2.38. The first-order chi connectivity index (χ1) is 9.74. The van der Waals surface area contributed by atoms with Crippen LogP contribution in [0.3, 0.4) is 0 Å². The zero-order valence-corrected chi connectivity index (χ0v) is 11.4. The molecule has 1 aromatic carbocycles. The van der Waals surface area contributed by atoms with Gasteiger partial charge >= 0.3 is 6.18 Å². The number of nitrogens with one attached hydrogen (secondary N) is 3. The van der Waals surface area contributed by atoms with Crippen molar-refractivity contribution in [1.82, 2.24) is 0 Å². The van der Waals surface area contributed by atoms with Gasteiger partial charge in [0.05, 0.1) is 11.3 Å². The minimum absolute atomic E-state index is 0.226. The number of halogens is 3. The average Bonchev–Trinajstić information content (AvgIpc) is 2.37. The molecule has 0 atom stereocenters. The minimum atomic E-state index is -4.40. The zero-order chi connectivity index (χ0) is 16.0. The van der Waals surface area contributed by atoms with Crippen LogP contribution in [-0.2, 0) is 6.18 Å². The van der Waals surface area contributed by atoms with Crippen molar-refractivity contribution in [2.45, 2.75) is 25.9 Å². The Labute approximate surface area is 120 Å². The van der Waals surface area contributed by atoms with Gasteiger partial charge in [0.25, 0.3) is 0 Å². The summed E-state index contributed by atoms with van der Waals surface area (Å²) in [5, 5.41) is 17.5. The van der Waals surface area contributed by atoms with E-state index in [1.54, 1.807) is 0 Å².